The molecule has 1 rings (SSSR count). The number of likely N-dealkylation sites (tertiary alicyclic amines) is 1. The SMILES string of the molecule is CCCCN(C)C(=NC)NCC1CCCN(C)C1. The summed E-state index contributed by atoms with van der Waals surface area (Å²) in [5.41, 5.74) is 0. The normalized spacial score (nSPS) is 22.0. The molecule has 0 aromatic rings. The van der Waals surface area contributed by atoms with Crippen molar-refractivity contribution in [3.63, 3.8) is 0 Å². The zero-order valence-electron chi connectivity index (χ0n) is 12.6. The van der Waals surface area contributed by atoms with Gasteiger partial charge in [0.25, 0.3) is 0 Å². The molecule has 0 aromatic carbocycles. The van der Waals surface area contributed by atoms with Crippen LogP contribution in [0.15, 0.2) is 4.99 Å². The third kappa shape index (κ3) is 5.25. The van der Waals surface area contributed by atoms with Gasteiger partial charge in [0.1, 0.15) is 0 Å². The number of piperidine rings is 1. The smallest absolute Gasteiger partial charge is 0.193 e. The predicted octanol–water partition coefficient (Wildman–Crippen LogP) is 1.64. The molecule has 1 atom stereocenters. The number of guanidine groups is 1. The van der Waals surface area contributed by atoms with Gasteiger partial charge in [-0.2, -0.15) is 0 Å². The van der Waals surface area contributed by atoms with Crippen LogP contribution in [0.3, 0.4) is 0 Å². The van der Waals surface area contributed by atoms with E-state index >= 15 is 0 Å². The molecule has 1 heterocycles. The Bertz CT molecular complexity index is 252. The number of hydrogen-bond donors (Lipinski definition) is 1. The number of hydrogen-bond acceptors (Lipinski definition) is 2. The van der Waals surface area contributed by atoms with Gasteiger partial charge in [0, 0.05) is 33.7 Å². The van der Waals surface area contributed by atoms with E-state index in [2.05, 4.69) is 41.1 Å². The third-order valence-corrected chi connectivity index (χ3v) is 3.69. The van der Waals surface area contributed by atoms with E-state index in [1.807, 2.05) is 7.05 Å². The zero-order chi connectivity index (χ0) is 13.4. The van der Waals surface area contributed by atoms with E-state index in [4.69, 9.17) is 0 Å². The summed E-state index contributed by atoms with van der Waals surface area (Å²) in [6.45, 7) is 6.82. The quantitative estimate of drug-likeness (QED) is 0.598. The first-order chi connectivity index (χ1) is 8.67. The lowest BCUT2D eigenvalue weighted by Gasteiger charge is -2.31. The molecule has 0 amide bonds. The van der Waals surface area contributed by atoms with Crippen molar-refractivity contribution in [3.05, 3.63) is 0 Å². The monoisotopic (exact) mass is 254 g/mol. The maximum atomic E-state index is 4.36. The molecule has 1 aliphatic heterocycles. The Hall–Kier alpha value is -0.770. The highest BCUT2D eigenvalue weighted by atomic mass is 15.3. The van der Waals surface area contributed by atoms with Crippen LogP contribution >= 0.6 is 0 Å². The Morgan fingerprint density at radius 3 is 2.89 bits per heavy atom. The Kier molecular flexibility index (Phi) is 7.09. The van der Waals surface area contributed by atoms with Gasteiger partial charge in [-0.05, 0) is 38.8 Å². The lowest BCUT2D eigenvalue weighted by atomic mass is 9.98. The average Bonchev–Trinajstić information content (AvgIpc) is 2.37. The topological polar surface area (TPSA) is 30.9 Å². The molecule has 1 fully saturated rings. The van der Waals surface area contributed by atoms with Crippen molar-refractivity contribution < 1.29 is 0 Å². The summed E-state index contributed by atoms with van der Waals surface area (Å²) in [5, 5.41) is 3.52. The molecule has 4 nitrogen and oxygen atoms in total. The van der Waals surface area contributed by atoms with Gasteiger partial charge in [-0.15, -0.1) is 0 Å². The van der Waals surface area contributed by atoms with Gasteiger partial charge in [0.15, 0.2) is 5.96 Å². The fourth-order valence-electron chi connectivity index (χ4n) is 2.56. The van der Waals surface area contributed by atoms with E-state index in [9.17, 15) is 0 Å². The minimum absolute atomic E-state index is 0.764. The third-order valence-electron chi connectivity index (χ3n) is 3.69. The van der Waals surface area contributed by atoms with Crippen LogP contribution in [0.4, 0.5) is 0 Å². The van der Waals surface area contributed by atoms with E-state index in [1.165, 1.54) is 38.8 Å². The standard InChI is InChI=1S/C14H30N4/c1-5-6-10-18(4)14(15-2)16-11-13-8-7-9-17(3)12-13/h13H,5-12H2,1-4H3,(H,15,16). The lowest BCUT2D eigenvalue weighted by molar-refractivity contribution is 0.209. The van der Waals surface area contributed by atoms with Gasteiger partial charge >= 0.3 is 0 Å². The minimum atomic E-state index is 0.764. The number of unbranched alkanes of at least 4 members (excludes halogenated alkanes) is 1. The summed E-state index contributed by atoms with van der Waals surface area (Å²) in [5.74, 6) is 1.80. The molecule has 0 radical (unpaired) electrons. The van der Waals surface area contributed by atoms with Crippen molar-refractivity contribution in [3.8, 4) is 0 Å². The summed E-state index contributed by atoms with van der Waals surface area (Å²) in [7, 11) is 6.21. The first-order valence-corrected chi connectivity index (χ1v) is 7.27. The number of rotatable bonds is 5. The first-order valence-electron chi connectivity index (χ1n) is 7.27. The molecule has 106 valence electrons. The molecular weight excluding hydrogens is 224 g/mol. The highest BCUT2D eigenvalue weighted by Crippen LogP contribution is 2.13. The second-order valence-corrected chi connectivity index (χ2v) is 5.47. The van der Waals surface area contributed by atoms with Gasteiger partial charge in [-0.25, -0.2) is 0 Å². The zero-order valence-corrected chi connectivity index (χ0v) is 12.6. The first kappa shape index (κ1) is 15.3. The molecule has 1 unspecified atom stereocenters. The van der Waals surface area contributed by atoms with Crippen molar-refractivity contribution >= 4 is 5.96 Å². The highest BCUT2D eigenvalue weighted by Gasteiger charge is 2.17. The van der Waals surface area contributed by atoms with E-state index in [1.54, 1.807) is 0 Å². The molecule has 0 saturated carbocycles. The highest BCUT2D eigenvalue weighted by molar-refractivity contribution is 5.79. The minimum Gasteiger partial charge on any atom is -0.356 e. The van der Waals surface area contributed by atoms with E-state index < -0.39 is 0 Å². The maximum absolute atomic E-state index is 4.36. The van der Waals surface area contributed by atoms with Crippen LogP contribution in [0.1, 0.15) is 32.6 Å². The van der Waals surface area contributed by atoms with Gasteiger partial charge in [-0.1, -0.05) is 13.3 Å². The van der Waals surface area contributed by atoms with Gasteiger partial charge in [0.05, 0.1) is 0 Å². The van der Waals surface area contributed by atoms with Crippen LogP contribution in [-0.4, -0.2) is 63.1 Å². The van der Waals surface area contributed by atoms with Crippen molar-refractivity contribution in [1.82, 2.24) is 15.1 Å². The van der Waals surface area contributed by atoms with Crippen LogP contribution in [0.5, 0.6) is 0 Å². The van der Waals surface area contributed by atoms with Crippen LogP contribution in [-0.2, 0) is 0 Å². The maximum Gasteiger partial charge on any atom is 0.193 e. The molecular formula is C14H30N4. The molecule has 0 aliphatic carbocycles. The Labute approximate surface area is 112 Å². The van der Waals surface area contributed by atoms with Crippen LogP contribution in [0.25, 0.3) is 0 Å². The molecule has 1 saturated heterocycles. The predicted molar refractivity (Wildman–Crippen MR) is 79.1 cm³/mol. The summed E-state index contributed by atoms with van der Waals surface area (Å²) in [6, 6.07) is 0. The second-order valence-electron chi connectivity index (χ2n) is 5.47. The fraction of sp³-hybridized carbons (Fsp3) is 0.929. The lowest BCUT2D eigenvalue weighted by Crippen LogP contribution is -2.44. The van der Waals surface area contributed by atoms with Crippen molar-refractivity contribution in [2.45, 2.75) is 32.6 Å². The number of nitrogens with zero attached hydrogens (tertiary/aromatic N) is 3. The largest absolute Gasteiger partial charge is 0.356 e. The van der Waals surface area contributed by atoms with E-state index in [0.717, 1.165) is 25.0 Å². The van der Waals surface area contributed by atoms with Crippen molar-refractivity contribution in [2.75, 3.05) is 47.3 Å². The summed E-state index contributed by atoms with van der Waals surface area (Å²) in [4.78, 5) is 9.02. The molecule has 18 heavy (non-hydrogen) atoms. The summed E-state index contributed by atoms with van der Waals surface area (Å²) in [6.07, 6.45) is 5.12. The van der Waals surface area contributed by atoms with Gasteiger partial charge < -0.3 is 15.1 Å². The van der Waals surface area contributed by atoms with Gasteiger partial charge in [0.2, 0.25) is 0 Å². The van der Waals surface area contributed by atoms with Crippen LogP contribution in [0, 0.1) is 5.92 Å². The molecule has 0 bridgehead atoms. The molecule has 0 aromatic heterocycles. The number of aliphatic imine (C=N–C) groups is 1. The summed E-state index contributed by atoms with van der Waals surface area (Å²) < 4.78 is 0. The molecule has 1 N–H and O–H groups in total. The van der Waals surface area contributed by atoms with Crippen molar-refractivity contribution in [1.29, 1.82) is 0 Å². The Balaban J connectivity index is 2.30. The molecule has 1 aliphatic rings. The van der Waals surface area contributed by atoms with Gasteiger partial charge in [-0.3, -0.25) is 4.99 Å². The Morgan fingerprint density at radius 1 is 1.50 bits per heavy atom. The van der Waals surface area contributed by atoms with Crippen molar-refractivity contribution in [2.24, 2.45) is 10.9 Å². The second kappa shape index (κ2) is 8.35. The molecule has 0 spiro atoms. The molecule has 4 heteroatoms. The fourth-order valence-corrected chi connectivity index (χ4v) is 2.56. The Morgan fingerprint density at radius 2 is 2.28 bits per heavy atom. The van der Waals surface area contributed by atoms with E-state index in [-0.39, 0.29) is 0 Å². The van der Waals surface area contributed by atoms with Crippen LogP contribution < -0.4 is 5.32 Å². The van der Waals surface area contributed by atoms with Crippen LogP contribution in [0.2, 0.25) is 0 Å². The average molecular weight is 254 g/mol. The number of nitrogens with one attached hydrogen (secondary N) is 1. The summed E-state index contributed by atoms with van der Waals surface area (Å²) >= 11 is 0. The van der Waals surface area contributed by atoms with E-state index in [0.29, 0.717) is 0 Å².